The molecule has 0 saturated heterocycles. The predicted molar refractivity (Wildman–Crippen MR) is 76.8 cm³/mol. The van der Waals surface area contributed by atoms with Gasteiger partial charge in [0.25, 0.3) is 0 Å². The quantitative estimate of drug-likeness (QED) is 0.825. The Balaban J connectivity index is 1.77. The largest absolute Gasteiger partial charge is 0.396 e. The van der Waals surface area contributed by atoms with Crippen LogP contribution >= 0.6 is 0 Å². The van der Waals surface area contributed by atoms with Crippen molar-refractivity contribution in [2.45, 2.75) is 13.0 Å². The minimum atomic E-state index is 0.156. The number of benzene rings is 2. The molecular formula is C17H20O2. The van der Waals surface area contributed by atoms with E-state index in [2.05, 4.69) is 12.1 Å². The molecule has 0 radical (unpaired) electrons. The molecule has 2 aromatic carbocycles. The van der Waals surface area contributed by atoms with Gasteiger partial charge < -0.3 is 9.84 Å². The molecule has 0 unspecified atom stereocenters. The summed E-state index contributed by atoms with van der Waals surface area (Å²) in [6.45, 7) is 1.34. The van der Waals surface area contributed by atoms with E-state index < -0.39 is 0 Å². The lowest BCUT2D eigenvalue weighted by molar-refractivity contribution is 0.0630. The van der Waals surface area contributed by atoms with Crippen molar-refractivity contribution in [2.24, 2.45) is 5.92 Å². The van der Waals surface area contributed by atoms with Gasteiger partial charge in [0.05, 0.1) is 13.2 Å². The van der Waals surface area contributed by atoms with Crippen molar-refractivity contribution in [1.82, 2.24) is 0 Å². The molecule has 2 nitrogen and oxygen atoms in total. The first-order chi connectivity index (χ1) is 9.38. The Bertz CT molecular complexity index is 453. The maximum atomic E-state index is 9.40. The summed E-state index contributed by atoms with van der Waals surface area (Å²) < 4.78 is 5.68. The summed E-state index contributed by atoms with van der Waals surface area (Å²) in [5.41, 5.74) is 2.41. The minimum Gasteiger partial charge on any atom is -0.396 e. The third kappa shape index (κ3) is 4.86. The van der Waals surface area contributed by atoms with Crippen LogP contribution in [-0.2, 0) is 17.8 Å². The van der Waals surface area contributed by atoms with Gasteiger partial charge in [0, 0.05) is 12.5 Å². The molecule has 19 heavy (non-hydrogen) atoms. The molecule has 0 amide bonds. The zero-order chi connectivity index (χ0) is 13.3. The molecule has 0 aliphatic heterocycles. The summed E-state index contributed by atoms with van der Waals surface area (Å²) in [6.07, 6.45) is 0.853. The van der Waals surface area contributed by atoms with Crippen LogP contribution in [0, 0.1) is 5.92 Å². The fourth-order valence-electron chi connectivity index (χ4n) is 2.04. The third-order valence-corrected chi connectivity index (χ3v) is 3.09. The Kier molecular flexibility index (Phi) is 5.60. The number of rotatable bonds is 7. The Morgan fingerprint density at radius 3 is 2.00 bits per heavy atom. The van der Waals surface area contributed by atoms with Crippen LogP contribution < -0.4 is 0 Å². The van der Waals surface area contributed by atoms with E-state index in [1.807, 2.05) is 48.5 Å². The van der Waals surface area contributed by atoms with Gasteiger partial charge in [0.1, 0.15) is 0 Å². The van der Waals surface area contributed by atoms with Gasteiger partial charge in [-0.1, -0.05) is 60.7 Å². The van der Waals surface area contributed by atoms with Crippen LogP contribution in [0.1, 0.15) is 11.1 Å². The Labute approximate surface area is 114 Å². The van der Waals surface area contributed by atoms with E-state index in [1.165, 1.54) is 11.1 Å². The standard InChI is InChI=1S/C17H20O2/c18-12-17(11-15-7-3-1-4-8-15)14-19-13-16-9-5-2-6-10-16/h1-10,17-18H,11-14H2/t17-/m1/s1. The van der Waals surface area contributed by atoms with Crippen molar-refractivity contribution in [1.29, 1.82) is 0 Å². The van der Waals surface area contributed by atoms with Crippen molar-refractivity contribution in [3.05, 3.63) is 71.8 Å². The maximum Gasteiger partial charge on any atom is 0.0717 e. The van der Waals surface area contributed by atoms with Gasteiger partial charge in [-0.3, -0.25) is 0 Å². The molecule has 1 atom stereocenters. The third-order valence-electron chi connectivity index (χ3n) is 3.09. The van der Waals surface area contributed by atoms with Gasteiger partial charge in [0.2, 0.25) is 0 Å². The highest BCUT2D eigenvalue weighted by atomic mass is 16.5. The second-order valence-electron chi connectivity index (χ2n) is 4.74. The van der Waals surface area contributed by atoms with Crippen LogP contribution in [0.4, 0.5) is 0 Å². The number of ether oxygens (including phenoxy) is 1. The fourth-order valence-corrected chi connectivity index (χ4v) is 2.04. The Morgan fingerprint density at radius 1 is 0.842 bits per heavy atom. The summed E-state index contributed by atoms with van der Waals surface area (Å²) in [5, 5.41) is 9.40. The lowest BCUT2D eigenvalue weighted by Gasteiger charge is -2.14. The molecule has 0 heterocycles. The van der Waals surface area contributed by atoms with Crippen molar-refractivity contribution < 1.29 is 9.84 Å². The average molecular weight is 256 g/mol. The van der Waals surface area contributed by atoms with Gasteiger partial charge >= 0.3 is 0 Å². The lowest BCUT2D eigenvalue weighted by Crippen LogP contribution is -2.16. The van der Waals surface area contributed by atoms with E-state index in [9.17, 15) is 5.11 Å². The van der Waals surface area contributed by atoms with Crippen molar-refractivity contribution in [3.63, 3.8) is 0 Å². The number of aliphatic hydroxyl groups excluding tert-OH is 1. The molecule has 0 aromatic heterocycles. The summed E-state index contributed by atoms with van der Waals surface area (Å²) in [6, 6.07) is 20.3. The molecule has 2 heteroatoms. The first-order valence-corrected chi connectivity index (χ1v) is 6.65. The predicted octanol–water partition coefficient (Wildman–Crippen LogP) is 3.05. The fraction of sp³-hybridized carbons (Fsp3) is 0.294. The first-order valence-electron chi connectivity index (χ1n) is 6.65. The molecule has 0 fully saturated rings. The van der Waals surface area contributed by atoms with Gasteiger partial charge in [-0.05, 0) is 17.5 Å². The molecule has 0 saturated carbocycles. The van der Waals surface area contributed by atoms with E-state index in [1.54, 1.807) is 0 Å². The van der Waals surface area contributed by atoms with E-state index in [-0.39, 0.29) is 12.5 Å². The highest BCUT2D eigenvalue weighted by molar-refractivity contribution is 5.15. The monoisotopic (exact) mass is 256 g/mol. The van der Waals surface area contributed by atoms with Crippen LogP contribution in [-0.4, -0.2) is 18.3 Å². The van der Waals surface area contributed by atoms with Gasteiger partial charge in [-0.2, -0.15) is 0 Å². The highest BCUT2D eigenvalue weighted by Crippen LogP contribution is 2.10. The number of aliphatic hydroxyl groups is 1. The summed E-state index contributed by atoms with van der Waals surface area (Å²) >= 11 is 0. The SMILES string of the molecule is OC[C@H](COCc1ccccc1)Cc1ccccc1. The van der Waals surface area contributed by atoms with E-state index in [0.717, 1.165) is 6.42 Å². The molecule has 0 spiro atoms. The van der Waals surface area contributed by atoms with Gasteiger partial charge in [-0.25, -0.2) is 0 Å². The van der Waals surface area contributed by atoms with Crippen LogP contribution in [0.15, 0.2) is 60.7 Å². The van der Waals surface area contributed by atoms with Crippen LogP contribution in [0.25, 0.3) is 0 Å². The van der Waals surface area contributed by atoms with Crippen molar-refractivity contribution in [3.8, 4) is 0 Å². The second-order valence-corrected chi connectivity index (χ2v) is 4.74. The van der Waals surface area contributed by atoms with Crippen molar-refractivity contribution >= 4 is 0 Å². The van der Waals surface area contributed by atoms with E-state index in [4.69, 9.17) is 4.74 Å². The molecule has 0 aliphatic rings. The van der Waals surface area contributed by atoms with Crippen LogP contribution in [0.3, 0.4) is 0 Å². The summed E-state index contributed by atoms with van der Waals surface area (Å²) in [7, 11) is 0. The summed E-state index contributed by atoms with van der Waals surface area (Å²) in [5.74, 6) is 0.158. The van der Waals surface area contributed by atoms with Gasteiger partial charge in [0.15, 0.2) is 0 Å². The zero-order valence-corrected chi connectivity index (χ0v) is 11.0. The number of hydrogen-bond donors (Lipinski definition) is 1. The van der Waals surface area contributed by atoms with E-state index in [0.29, 0.717) is 13.2 Å². The Morgan fingerprint density at radius 2 is 1.42 bits per heavy atom. The molecular weight excluding hydrogens is 236 g/mol. The van der Waals surface area contributed by atoms with E-state index >= 15 is 0 Å². The van der Waals surface area contributed by atoms with Crippen LogP contribution in [0.2, 0.25) is 0 Å². The zero-order valence-electron chi connectivity index (χ0n) is 11.0. The second kappa shape index (κ2) is 7.72. The normalized spacial score (nSPS) is 12.3. The first kappa shape index (κ1) is 13.8. The molecule has 0 bridgehead atoms. The average Bonchev–Trinajstić information content (AvgIpc) is 2.48. The molecule has 1 N–H and O–H groups in total. The lowest BCUT2D eigenvalue weighted by atomic mass is 10.0. The molecule has 2 rings (SSSR count). The highest BCUT2D eigenvalue weighted by Gasteiger charge is 2.08. The summed E-state index contributed by atoms with van der Waals surface area (Å²) in [4.78, 5) is 0. The van der Waals surface area contributed by atoms with Gasteiger partial charge in [-0.15, -0.1) is 0 Å². The van der Waals surface area contributed by atoms with Crippen molar-refractivity contribution in [2.75, 3.05) is 13.2 Å². The maximum absolute atomic E-state index is 9.40. The minimum absolute atomic E-state index is 0.156. The topological polar surface area (TPSA) is 29.5 Å². The van der Waals surface area contributed by atoms with Crippen LogP contribution in [0.5, 0.6) is 0 Å². The molecule has 100 valence electrons. The Hall–Kier alpha value is -1.64. The number of hydrogen-bond acceptors (Lipinski definition) is 2. The molecule has 2 aromatic rings. The molecule has 0 aliphatic carbocycles. The smallest absolute Gasteiger partial charge is 0.0717 e.